The average molecular weight is 200 g/mol. The summed E-state index contributed by atoms with van der Waals surface area (Å²) in [6.07, 6.45) is 0.962. The second kappa shape index (κ2) is 3.81. The molecule has 12 heavy (non-hydrogen) atoms. The van der Waals surface area contributed by atoms with E-state index in [2.05, 4.69) is 0 Å². The van der Waals surface area contributed by atoms with E-state index in [1.165, 1.54) is 12.2 Å². The van der Waals surface area contributed by atoms with Gasteiger partial charge in [0.15, 0.2) is 0 Å². The third-order valence-electron chi connectivity index (χ3n) is 2.25. The molecular weight excluding hydrogens is 188 g/mol. The molecular formula is C9H12OS2. The van der Waals surface area contributed by atoms with Gasteiger partial charge in [-0.05, 0) is 35.3 Å². The molecule has 0 spiro atoms. The van der Waals surface area contributed by atoms with Gasteiger partial charge in [-0.3, -0.25) is 0 Å². The van der Waals surface area contributed by atoms with Crippen LogP contribution in [0.4, 0.5) is 0 Å². The Labute approximate surface area is 80.8 Å². The second-order valence-corrected chi connectivity index (χ2v) is 5.21. The fourth-order valence-electron chi connectivity index (χ4n) is 1.49. The van der Waals surface area contributed by atoms with Crippen molar-refractivity contribution in [1.82, 2.24) is 0 Å². The van der Waals surface area contributed by atoms with E-state index < -0.39 is 0 Å². The number of thiophene rings is 1. The third kappa shape index (κ3) is 1.68. The molecule has 1 fully saturated rings. The van der Waals surface area contributed by atoms with Gasteiger partial charge in [0.2, 0.25) is 0 Å². The van der Waals surface area contributed by atoms with Crippen molar-refractivity contribution in [3.8, 4) is 0 Å². The molecule has 0 aliphatic carbocycles. The summed E-state index contributed by atoms with van der Waals surface area (Å²) in [5.41, 5.74) is 0. The Morgan fingerprint density at radius 3 is 3.08 bits per heavy atom. The van der Waals surface area contributed by atoms with Gasteiger partial charge in [-0.2, -0.15) is 11.8 Å². The lowest BCUT2D eigenvalue weighted by Crippen LogP contribution is -2.09. The van der Waals surface area contributed by atoms with Crippen LogP contribution in [0.1, 0.15) is 17.4 Å². The summed E-state index contributed by atoms with van der Waals surface area (Å²) in [7, 11) is 0. The first kappa shape index (κ1) is 8.60. The average Bonchev–Trinajstić information content (AvgIpc) is 2.77. The Morgan fingerprint density at radius 1 is 1.58 bits per heavy atom. The fraction of sp³-hybridized carbons (Fsp3) is 0.556. The van der Waals surface area contributed by atoms with Crippen molar-refractivity contribution < 1.29 is 5.11 Å². The van der Waals surface area contributed by atoms with Crippen LogP contribution in [-0.2, 0) is 0 Å². The van der Waals surface area contributed by atoms with E-state index in [-0.39, 0.29) is 6.10 Å². The van der Waals surface area contributed by atoms with Gasteiger partial charge in [0.1, 0.15) is 0 Å². The lowest BCUT2D eigenvalue weighted by molar-refractivity contribution is 0.125. The minimum Gasteiger partial charge on any atom is -0.387 e. The molecule has 0 bridgehead atoms. The molecule has 1 aliphatic heterocycles. The van der Waals surface area contributed by atoms with Gasteiger partial charge in [-0.1, -0.05) is 6.07 Å². The Morgan fingerprint density at radius 2 is 2.50 bits per heavy atom. The van der Waals surface area contributed by atoms with Gasteiger partial charge in [-0.15, -0.1) is 11.3 Å². The Kier molecular flexibility index (Phi) is 2.73. The highest BCUT2D eigenvalue weighted by Gasteiger charge is 2.25. The highest BCUT2D eigenvalue weighted by molar-refractivity contribution is 7.99. The summed E-state index contributed by atoms with van der Waals surface area (Å²) in [5.74, 6) is 2.83. The van der Waals surface area contributed by atoms with E-state index in [1.54, 1.807) is 11.3 Å². The number of aliphatic hydroxyl groups is 1. The molecule has 2 heterocycles. The van der Waals surface area contributed by atoms with Gasteiger partial charge >= 0.3 is 0 Å². The van der Waals surface area contributed by atoms with Crippen LogP contribution in [0.2, 0.25) is 0 Å². The number of aliphatic hydroxyl groups excluding tert-OH is 1. The van der Waals surface area contributed by atoms with Crippen LogP contribution in [0.15, 0.2) is 17.5 Å². The fourth-order valence-corrected chi connectivity index (χ4v) is 3.58. The molecule has 1 aromatic rings. The maximum Gasteiger partial charge on any atom is 0.0918 e. The van der Waals surface area contributed by atoms with Crippen molar-refractivity contribution >= 4 is 23.1 Å². The van der Waals surface area contributed by atoms with Gasteiger partial charge in [-0.25, -0.2) is 0 Å². The van der Waals surface area contributed by atoms with E-state index in [1.807, 2.05) is 29.3 Å². The van der Waals surface area contributed by atoms with E-state index in [9.17, 15) is 5.11 Å². The van der Waals surface area contributed by atoms with E-state index in [0.29, 0.717) is 5.92 Å². The maximum absolute atomic E-state index is 9.91. The molecule has 66 valence electrons. The smallest absolute Gasteiger partial charge is 0.0918 e. The van der Waals surface area contributed by atoms with Crippen LogP contribution >= 0.6 is 23.1 Å². The molecule has 1 N–H and O–H groups in total. The minimum atomic E-state index is -0.208. The molecule has 0 radical (unpaired) electrons. The van der Waals surface area contributed by atoms with Crippen LogP contribution in [-0.4, -0.2) is 16.6 Å². The first-order valence-electron chi connectivity index (χ1n) is 4.17. The van der Waals surface area contributed by atoms with Crippen LogP contribution in [0.3, 0.4) is 0 Å². The third-order valence-corrected chi connectivity index (χ3v) is 4.38. The molecule has 2 atom stereocenters. The van der Waals surface area contributed by atoms with Gasteiger partial charge in [0.05, 0.1) is 6.10 Å². The van der Waals surface area contributed by atoms with Gasteiger partial charge in [0, 0.05) is 4.88 Å². The lowest BCUT2D eigenvalue weighted by atomic mass is 10.0. The predicted octanol–water partition coefficient (Wildman–Crippen LogP) is 2.53. The molecule has 3 heteroatoms. The molecule has 2 rings (SSSR count). The standard InChI is InChI=1S/C9H12OS2/c10-9(7-3-5-11-6-7)8-2-1-4-12-8/h1-2,4,7,9-10H,3,5-6H2. The molecule has 1 aromatic heterocycles. The molecule has 1 nitrogen and oxygen atoms in total. The highest BCUT2D eigenvalue weighted by Crippen LogP contribution is 2.35. The largest absolute Gasteiger partial charge is 0.387 e. The summed E-state index contributed by atoms with van der Waals surface area (Å²) in [4.78, 5) is 1.13. The Hall–Kier alpha value is 0.01000. The summed E-state index contributed by atoms with van der Waals surface area (Å²) in [5, 5.41) is 11.9. The van der Waals surface area contributed by atoms with E-state index >= 15 is 0 Å². The van der Waals surface area contributed by atoms with Crippen molar-refractivity contribution in [1.29, 1.82) is 0 Å². The van der Waals surface area contributed by atoms with E-state index in [0.717, 1.165) is 10.6 Å². The first-order valence-corrected chi connectivity index (χ1v) is 6.20. The summed E-state index contributed by atoms with van der Waals surface area (Å²) >= 11 is 3.61. The molecule has 2 unspecified atom stereocenters. The second-order valence-electron chi connectivity index (χ2n) is 3.08. The zero-order chi connectivity index (χ0) is 8.39. The first-order chi connectivity index (χ1) is 5.88. The van der Waals surface area contributed by atoms with Crippen LogP contribution in [0.25, 0.3) is 0 Å². The topological polar surface area (TPSA) is 20.2 Å². The highest BCUT2D eigenvalue weighted by atomic mass is 32.2. The quantitative estimate of drug-likeness (QED) is 0.791. The summed E-state index contributed by atoms with van der Waals surface area (Å²) in [6.45, 7) is 0. The monoisotopic (exact) mass is 200 g/mol. The van der Waals surface area contributed by atoms with Crippen molar-refractivity contribution in [3.63, 3.8) is 0 Å². The van der Waals surface area contributed by atoms with Crippen molar-refractivity contribution in [2.45, 2.75) is 12.5 Å². The number of rotatable bonds is 2. The Bertz CT molecular complexity index is 227. The van der Waals surface area contributed by atoms with Crippen LogP contribution in [0, 0.1) is 5.92 Å². The molecule has 0 amide bonds. The number of hydrogen-bond acceptors (Lipinski definition) is 3. The molecule has 1 saturated heterocycles. The summed E-state index contributed by atoms with van der Waals surface area (Å²) in [6, 6.07) is 4.03. The number of hydrogen-bond donors (Lipinski definition) is 1. The lowest BCUT2D eigenvalue weighted by Gasteiger charge is -2.14. The van der Waals surface area contributed by atoms with Crippen molar-refractivity contribution in [3.05, 3.63) is 22.4 Å². The summed E-state index contributed by atoms with van der Waals surface area (Å²) < 4.78 is 0. The zero-order valence-electron chi connectivity index (χ0n) is 6.77. The molecule has 0 saturated carbocycles. The van der Waals surface area contributed by atoms with Gasteiger partial charge in [0.25, 0.3) is 0 Å². The van der Waals surface area contributed by atoms with Gasteiger partial charge < -0.3 is 5.11 Å². The predicted molar refractivity (Wildman–Crippen MR) is 54.7 cm³/mol. The van der Waals surface area contributed by atoms with Crippen molar-refractivity contribution in [2.75, 3.05) is 11.5 Å². The molecule has 0 aromatic carbocycles. The Balaban J connectivity index is 2.04. The number of thioether (sulfide) groups is 1. The van der Waals surface area contributed by atoms with Crippen molar-refractivity contribution in [2.24, 2.45) is 5.92 Å². The zero-order valence-corrected chi connectivity index (χ0v) is 8.40. The maximum atomic E-state index is 9.91. The van der Waals surface area contributed by atoms with Crippen LogP contribution in [0.5, 0.6) is 0 Å². The SMILES string of the molecule is OC(c1cccs1)C1CCSC1. The van der Waals surface area contributed by atoms with Crippen LogP contribution < -0.4 is 0 Å². The van der Waals surface area contributed by atoms with E-state index in [4.69, 9.17) is 0 Å². The minimum absolute atomic E-state index is 0.208. The normalized spacial score (nSPS) is 25.9. The molecule has 1 aliphatic rings.